The lowest BCUT2D eigenvalue weighted by Gasteiger charge is -2.40. The van der Waals surface area contributed by atoms with Crippen molar-refractivity contribution < 1.29 is 24.5 Å². The number of hydrogen-bond donors (Lipinski definition) is 3. The molecule has 7 heteroatoms. The molecule has 1 heterocycles. The summed E-state index contributed by atoms with van der Waals surface area (Å²) in [4.78, 5) is 11.5. The van der Waals surface area contributed by atoms with Gasteiger partial charge in [-0.3, -0.25) is 4.79 Å². The van der Waals surface area contributed by atoms with Crippen LogP contribution in [0.5, 0.6) is 0 Å². The third-order valence-electron chi connectivity index (χ3n) is 4.43. The first kappa shape index (κ1) is 18.8. The average Bonchev–Trinajstić information content (AvgIpc) is 2.36. The van der Waals surface area contributed by atoms with Gasteiger partial charge in [0.15, 0.2) is 12.1 Å². The molecule has 2 fully saturated rings. The molecule has 21 heavy (non-hydrogen) atoms. The van der Waals surface area contributed by atoms with E-state index in [0.29, 0.717) is 19.3 Å². The Bertz CT molecular complexity index is 357. The number of aliphatic hydroxyl groups excluding tert-OH is 1. The van der Waals surface area contributed by atoms with E-state index in [1.807, 2.05) is 0 Å². The van der Waals surface area contributed by atoms with Crippen LogP contribution in [-0.2, 0) is 14.3 Å². The van der Waals surface area contributed by atoms with E-state index in [1.54, 1.807) is 6.92 Å². The van der Waals surface area contributed by atoms with Crippen LogP contribution in [0.15, 0.2) is 0 Å². The van der Waals surface area contributed by atoms with E-state index in [1.165, 1.54) is 6.92 Å². The third kappa shape index (κ3) is 4.37. The van der Waals surface area contributed by atoms with Gasteiger partial charge in [-0.1, -0.05) is 0 Å². The Morgan fingerprint density at radius 3 is 2.71 bits per heavy atom. The zero-order chi connectivity index (χ0) is 14.9. The zero-order valence-electron chi connectivity index (χ0n) is 12.5. The maximum Gasteiger partial charge on any atom is 0.161 e. The quantitative estimate of drug-likeness (QED) is 0.699. The second-order valence-corrected chi connectivity index (χ2v) is 6.10. The summed E-state index contributed by atoms with van der Waals surface area (Å²) in [6.07, 6.45) is 0.991. The number of hydrogen-bond acceptors (Lipinski definition) is 6. The minimum absolute atomic E-state index is 0. The van der Waals surface area contributed by atoms with Gasteiger partial charge in [-0.25, -0.2) is 0 Å². The third-order valence-corrected chi connectivity index (χ3v) is 4.43. The smallest absolute Gasteiger partial charge is 0.161 e. The van der Waals surface area contributed by atoms with Crippen LogP contribution in [0.25, 0.3) is 0 Å². The summed E-state index contributed by atoms with van der Waals surface area (Å²) < 4.78 is 11.4. The number of halogens is 1. The lowest BCUT2D eigenvalue weighted by Crippen LogP contribution is -2.53. The number of ketones is 1. The van der Waals surface area contributed by atoms with Gasteiger partial charge in [0, 0.05) is 18.9 Å². The highest BCUT2D eigenvalue weighted by atomic mass is 35.5. The number of aliphatic hydroxyl groups is 2. The zero-order valence-corrected chi connectivity index (χ0v) is 13.3. The van der Waals surface area contributed by atoms with Crippen molar-refractivity contribution in [2.45, 2.75) is 82.2 Å². The maximum absolute atomic E-state index is 11.5. The average molecular weight is 324 g/mol. The van der Waals surface area contributed by atoms with E-state index in [-0.39, 0.29) is 36.4 Å². The number of nitrogens with two attached hydrogens (primary N) is 1. The summed E-state index contributed by atoms with van der Waals surface area (Å²) >= 11 is 0. The van der Waals surface area contributed by atoms with Crippen LogP contribution in [0.1, 0.15) is 46.0 Å². The van der Waals surface area contributed by atoms with Crippen molar-refractivity contribution in [1.82, 2.24) is 0 Å². The van der Waals surface area contributed by atoms with Crippen LogP contribution in [0.4, 0.5) is 0 Å². The molecule has 6 nitrogen and oxygen atoms in total. The van der Waals surface area contributed by atoms with Gasteiger partial charge in [0.2, 0.25) is 0 Å². The van der Waals surface area contributed by atoms with Crippen molar-refractivity contribution in [3.05, 3.63) is 0 Å². The minimum atomic E-state index is -1.27. The number of carbonyl (C=O) groups is 1. The van der Waals surface area contributed by atoms with Crippen molar-refractivity contribution in [2.24, 2.45) is 5.73 Å². The number of carbonyl (C=O) groups excluding carboxylic acids is 1. The van der Waals surface area contributed by atoms with E-state index >= 15 is 0 Å². The van der Waals surface area contributed by atoms with Crippen molar-refractivity contribution in [2.75, 3.05) is 0 Å². The monoisotopic (exact) mass is 323 g/mol. The summed E-state index contributed by atoms with van der Waals surface area (Å²) in [6.45, 7) is 3.17. The number of rotatable bonds is 3. The molecule has 0 aromatic heterocycles. The highest BCUT2D eigenvalue weighted by molar-refractivity contribution is 5.85. The summed E-state index contributed by atoms with van der Waals surface area (Å²) in [5.41, 5.74) is 4.58. The van der Waals surface area contributed by atoms with Gasteiger partial charge in [-0.05, 0) is 33.1 Å². The Balaban J connectivity index is 0.00000220. The van der Waals surface area contributed by atoms with E-state index in [4.69, 9.17) is 15.2 Å². The summed E-state index contributed by atoms with van der Waals surface area (Å²) in [6, 6.07) is -0.376. The lowest BCUT2D eigenvalue weighted by atomic mass is 9.80. The van der Waals surface area contributed by atoms with Crippen LogP contribution in [-0.4, -0.2) is 52.2 Å². The fourth-order valence-corrected chi connectivity index (χ4v) is 3.03. The summed E-state index contributed by atoms with van der Waals surface area (Å²) in [5, 5.41) is 20.0. The Hall–Kier alpha value is -0.240. The molecule has 0 aromatic rings. The van der Waals surface area contributed by atoms with Crippen molar-refractivity contribution in [1.29, 1.82) is 0 Å². The highest BCUT2D eigenvalue weighted by Gasteiger charge is 2.41. The van der Waals surface area contributed by atoms with Crippen molar-refractivity contribution in [3.8, 4) is 0 Å². The molecule has 2 aliphatic rings. The Kier molecular flexibility index (Phi) is 6.58. The van der Waals surface area contributed by atoms with Gasteiger partial charge in [0.05, 0.1) is 18.3 Å². The second kappa shape index (κ2) is 7.35. The van der Waals surface area contributed by atoms with E-state index in [9.17, 15) is 15.0 Å². The predicted octanol–water partition coefficient (Wildman–Crippen LogP) is 0.511. The molecule has 0 spiro atoms. The van der Waals surface area contributed by atoms with Crippen LogP contribution in [0.2, 0.25) is 0 Å². The minimum Gasteiger partial charge on any atom is -0.389 e. The first-order valence-electron chi connectivity index (χ1n) is 7.30. The molecule has 2 rings (SSSR count). The molecule has 6 unspecified atom stereocenters. The lowest BCUT2D eigenvalue weighted by molar-refractivity contribution is -0.248. The molecule has 6 atom stereocenters. The first-order chi connectivity index (χ1) is 9.32. The molecule has 124 valence electrons. The molecule has 1 saturated carbocycles. The Labute approximate surface area is 131 Å². The molecular weight excluding hydrogens is 298 g/mol. The van der Waals surface area contributed by atoms with E-state index in [2.05, 4.69) is 0 Å². The van der Waals surface area contributed by atoms with Crippen molar-refractivity contribution >= 4 is 18.2 Å². The standard InChI is InChI=1S/C14H25NO5.ClH/c1-8-13(17)11(15)6-12(19-8)20-10-4-3-5-14(18,7-10)9(2)16;/h8,10-13,17-18H,3-7,15H2,1-2H3;1H. The van der Waals surface area contributed by atoms with Crippen LogP contribution < -0.4 is 5.73 Å². The van der Waals surface area contributed by atoms with Gasteiger partial charge in [0.25, 0.3) is 0 Å². The molecule has 4 N–H and O–H groups in total. The summed E-state index contributed by atoms with van der Waals surface area (Å²) in [5.74, 6) is -0.212. The van der Waals surface area contributed by atoms with Gasteiger partial charge >= 0.3 is 0 Å². The Morgan fingerprint density at radius 1 is 1.48 bits per heavy atom. The predicted molar refractivity (Wildman–Crippen MR) is 79.2 cm³/mol. The highest BCUT2D eigenvalue weighted by Crippen LogP contribution is 2.33. The molecule has 1 aliphatic heterocycles. The summed E-state index contributed by atoms with van der Waals surface area (Å²) in [7, 11) is 0. The SMILES string of the molecule is CC(=O)C1(O)CCCC(OC2CC(N)C(O)C(C)O2)C1.Cl. The normalized spacial score (nSPS) is 44.0. The van der Waals surface area contributed by atoms with Gasteiger partial charge in [-0.2, -0.15) is 0 Å². The number of ether oxygens (including phenoxy) is 2. The van der Waals surface area contributed by atoms with Gasteiger partial charge in [-0.15, -0.1) is 12.4 Å². The van der Waals surface area contributed by atoms with E-state index < -0.39 is 18.0 Å². The van der Waals surface area contributed by atoms with E-state index in [0.717, 1.165) is 12.8 Å². The molecular formula is C14H26ClNO5. The number of Topliss-reactive ketones (excluding diaryl/α,β-unsaturated/α-hetero) is 1. The van der Waals surface area contributed by atoms with Gasteiger partial charge in [0.1, 0.15) is 5.60 Å². The fourth-order valence-electron chi connectivity index (χ4n) is 3.03. The first-order valence-corrected chi connectivity index (χ1v) is 7.30. The molecule has 0 bridgehead atoms. The molecule has 1 saturated heterocycles. The van der Waals surface area contributed by atoms with Crippen LogP contribution in [0, 0.1) is 0 Å². The maximum atomic E-state index is 11.5. The fraction of sp³-hybridized carbons (Fsp3) is 0.929. The van der Waals surface area contributed by atoms with Crippen LogP contribution in [0.3, 0.4) is 0 Å². The second-order valence-electron chi connectivity index (χ2n) is 6.10. The Morgan fingerprint density at radius 2 is 2.14 bits per heavy atom. The van der Waals surface area contributed by atoms with Crippen molar-refractivity contribution in [3.63, 3.8) is 0 Å². The topological polar surface area (TPSA) is 102 Å². The molecule has 1 aliphatic carbocycles. The largest absolute Gasteiger partial charge is 0.389 e. The van der Waals surface area contributed by atoms with Crippen LogP contribution >= 0.6 is 12.4 Å². The van der Waals surface area contributed by atoms with Gasteiger partial charge < -0.3 is 25.4 Å². The molecule has 0 radical (unpaired) electrons. The molecule has 0 aromatic carbocycles. The molecule has 0 amide bonds.